The van der Waals surface area contributed by atoms with E-state index in [-0.39, 0.29) is 13.0 Å². The summed E-state index contributed by atoms with van der Waals surface area (Å²) in [6.07, 6.45) is 2.65. The molecule has 168 valence electrons. The molecule has 1 amide bonds. The highest BCUT2D eigenvalue weighted by Gasteiger charge is 2.26. The van der Waals surface area contributed by atoms with Gasteiger partial charge < -0.3 is 10.1 Å². The van der Waals surface area contributed by atoms with Gasteiger partial charge in [-0.15, -0.1) is 0 Å². The van der Waals surface area contributed by atoms with Crippen LogP contribution in [0, 0.1) is 0 Å². The summed E-state index contributed by atoms with van der Waals surface area (Å²) in [5.74, 6) is -1.94. The third kappa shape index (κ3) is 7.48. The topological polar surface area (TPSA) is 110 Å². The van der Waals surface area contributed by atoms with Gasteiger partial charge in [-0.2, -0.15) is 8.42 Å². The Morgan fingerprint density at radius 2 is 1.68 bits per heavy atom. The fourth-order valence-corrected chi connectivity index (χ4v) is 3.81. The maximum absolute atomic E-state index is 13.1. The normalized spacial score (nSPS) is 12.2. The first-order valence-electron chi connectivity index (χ1n) is 10.4. The van der Waals surface area contributed by atoms with Gasteiger partial charge in [-0.25, -0.2) is 4.79 Å². The van der Waals surface area contributed by atoms with Crippen LogP contribution in [0.25, 0.3) is 11.1 Å². The van der Waals surface area contributed by atoms with E-state index in [2.05, 4.69) is 12.2 Å². The second-order valence-corrected chi connectivity index (χ2v) is 8.73. The van der Waals surface area contributed by atoms with Crippen LogP contribution in [0.2, 0.25) is 0 Å². The first-order chi connectivity index (χ1) is 14.8. The Morgan fingerprint density at radius 3 is 2.32 bits per heavy atom. The number of nitrogens with one attached hydrogen (secondary N) is 1. The second-order valence-electron chi connectivity index (χ2n) is 7.16. The van der Waals surface area contributed by atoms with Crippen molar-refractivity contribution >= 4 is 22.0 Å². The van der Waals surface area contributed by atoms with Crippen LogP contribution in [0.5, 0.6) is 0 Å². The minimum absolute atomic E-state index is 0.0818. The lowest BCUT2D eigenvalue weighted by molar-refractivity contribution is -0.145. The molecule has 2 rings (SSSR count). The van der Waals surface area contributed by atoms with Crippen molar-refractivity contribution in [2.24, 2.45) is 0 Å². The lowest BCUT2D eigenvalue weighted by Gasteiger charge is -2.19. The molecule has 0 heterocycles. The van der Waals surface area contributed by atoms with Crippen molar-refractivity contribution in [1.29, 1.82) is 0 Å². The Morgan fingerprint density at radius 1 is 1.03 bits per heavy atom. The molecule has 0 spiro atoms. The van der Waals surface area contributed by atoms with E-state index in [0.29, 0.717) is 5.56 Å². The van der Waals surface area contributed by atoms with E-state index >= 15 is 0 Å². The molecular formula is C23H29NO6S. The number of benzene rings is 2. The molecule has 2 aromatic carbocycles. The lowest BCUT2D eigenvalue weighted by Crippen LogP contribution is -2.43. The number of ether oxygens (including phenoxy) is 1. The molecule has 31 heavy (non-hydrogen) atoms. The van der Waals surface area contributed by atoms with Crippen molar-refractivity contribution in [3.05, 3.63) is 59.7 Å². The average molecular weight is 448 g/mol. The molecule has 0 aliphatic heterocycles. The summed E-state index contributed by atoms with van der Waals surface area (Å²) < 4.78 is 36.2. The molecule has 0 aromatic heterocycles. The number of amides is 1. The van der Waals surface area contributed by atoms with Crippen molar-refractivity contribution in [3.63, 3.8) is 0 Å². The zero-order chi connectivity index (χ0) is 22.9. The summed E-state index contributed by atoms with van der Waals surface area (Å²) >= 11 is 0. The van der Waals surface area contributed by atoms with Crippen LogP contribution in [-0.4, -0.2) is 43.2 Å². The van der Waals surface area contributed by atoms with Crippen LogP contribution >= 0.6 is 0 Å². The maximum atomic E-state index is 13.1. The van der Waals surface area contributed by atoms with Crippen molar-refractivity contribution < 1.29 is 27.3 Å². The van der Waals surface area contributed by atoms with Gasteiger partial charge in [-0.05, 0) is 48.9 Å². The van der Waals surface area contributed by atoms with Crippen molar-refractivity contribution in [2.45, 2.75) is 45.6 Å². The van der Waals surface area contributed by atoms with Crippen LogP contribution in [0.3, 0.4) is 0 Å². The highest BCUT2D eigenvalue weighted by molar-refractivity contribution is 7.85. The smallest absolute Gasteiger partial charge is 0.328 e. The first kappa shape index (κ1) is 24.6. The Kier molecular flexibility index (Phi) is 9.21. The number of carbonyl (C=O) groups excluding carboxylic acids is 2. The third-order valence-electron chi connectivity index (χ3n) is 4.82. The van der Waals surface area contributed by atoms with Gasteiger partial charge in [0.05, 0.1) is 12.4 Å². The van der Waals surface area contributed by atoms with Gasteiger partial charge in [0.1, 0.15) is 6.04 Å². The van der Waals surface area contributed by atoms with Gasteiger partial charge >= 0.3 is 5.97 Å². The number of aryl methyl sites for hydroxylation is 1. The Balaban J connectivity index is 2.34. The molecule has 7 nitrogen and oxygen atoms in total. The Hall–Kier alpha value is -2.71. The molecule has 2 aromatic rings. The molecule has 8 heteroatoms. The highest BCUT2D eigenvalue weighted by Crippen LogP contribution is 2.28. The van der Waals surface area contributed by atoms with E-state index in [4.69, 9.17) is 9.29 Å². The molecule has 0 unspecified atom stereocenters. The molecule has 0 saturated carbocycles. The van der Waals surface area contributed by atoms with Gasteiger partial charge in [0, 0.05) is 5.56 Å². The monoisotopic (exact) mass is 447 g/mol. The van der Waals surface area contributed by atoms with Crippen LogP contribution in [0.1, 0.15) is 49.0 Å². The molecule has 2 N–H and O–H groups in total. The number of rotatable bonds is 11. The summed E-state index contributed by atoms with van der Waals surface area (Å²) in [4.78, 5) is 25.3. The van der Waals surface area contributed by atoms with Gasteiger partial charge in [-0.3, -0.25) is 9.35 Å². The Bertz CT molecular complexity index is 1000. The summed E-state index contributed by atoms with van der Waals surface area (Å²) in [5, 5.41) is 2.57. The quantitative estimate of drug-likeness (QED) is 0.402. The van der Waals surface area contributed by atoms with Crippen LogP contribution < -0.4 is 5.32 Å². The zero-order valence-corrected chi connectivity index (χ0v) is 18.7. The minimum atomic E-state index is -4.29. The van der Waals surface area contributed by atoms with Crippen LogP contribution in [-0.2, 0) is 26.1 Å². The van der Waals surface area contributed by atoms with E-state index < -0.39 is 33.8 Å². The minimum Gasteiger partial charge on any atom is -0.464 e. The molecule has 0 aliphatic carbocycles. The van der Waals surface area contributed by atoms with Crippen LogP contribution in [0.15, 0.2) is 48.5 Å². The molecule has 0 saturated heterocycles. The second kappa shape index (κ2) is 11.6. The number of carbonyl (C=O) groups is 2. The van der Waals surface area contributed by atoms with Gasteiger partial charge in [-0.1, -0.05) is 55.8 Å². The number of unbranched alkanes of at least 4 members (excludes halogenated alkanes) is 1. The first-order valence-corrected chi connectivity index (χ1v) is 12.0. The predicted octanol–water partition coefficient (Wildman–Crippen LogP) is 3.64. The lowest BCUT2D eigenvalue weighted by atomic mass is 9.92. The zero-order valence-electron chi connectivity index (χ0n) is 17.8. The number of hydrogen-bond acceptors (Lipinski definition) is 5. The predicted molar refractivity (Wildman–Crippen MR) is 119 cm³/mol. The fraction of sp³-hybridized carbons (Fsp3) is 0.391. The standard InChI is InChI=1S/C23H29NO6S/c1-3-5-10-17-11-6-7-12-18(17)19-13-8-9-14-20(19)22(25)24-21(23(26)30-4-2)15-16-31(27,28)29/h6-9,11-14,21H,3-5,10,15-16H2,1-2H3,(H,24,25)(H,27,28,29)/t21-/m0/s1. The molecule has 0 fully saturated rings. The average Bonchev–Trinajstić information content (AvgIpc) is 2.74. The largest absolute Gasteiger partial charge is 0.464 e. The Labute approximate surface area is 183 Å². The third-order valence-corrected chi connectivity index (χ3v) is 5.57. The van der Waals surface area contributed by atoms with E-state index in [9.17, 15) is 18.0 Å². The molecular weight excluding hydrogens is 418 g/mol. The fourth-order valence-electron chi connectivity index (χ4n) is 3.28. The summed E-state index contributed by atoms with van der Waals surface area (Å²) in [6, 6.07) is 13.7. The van der Waals surface area contributed by atoms with E-state index in [0.717, 1.165) is 36.0 Å². The molecule has 0 bridgehead atoms. The SMILES string of the molecule is CCCCc1ccccc1-c1ccccc1C(=O)N[C@@H](CCS(=O)(=O)O)C(=O)OCC. The summed E-state index contributed by atoms with van der Waals surface area (Å²) in [6.45, 7) is 3.81. The van der Waals surface area contributed by atoms with Crippen molar-refractivity contribution in [1.82, 2.24) is 5.32 Å². The van der Waals surface area contributed by atoms with E-state index in [1.165, 1.54) is 0 Å². The van der Waals surface area contributed by atoms with Crippen LogP contribution in [0.4, 0.5) is 0 Å². The van der Waals surface area contributed by atoms with Gasteiger partial charge in [0.2, 0.25) is 0 Å². The molecule has 1 atom stereocenters. The summed E-state index contributed by atoms with van der Waals surface area (Å²) in [5.41, 5.74) is 3.15. The highest BCUT2D eigenvalue weighted by atomic mass is 32.2. The molecule has 0 aliphatic rings. The van der Waals surface area contributed by atoms with Gasteiger partial charge in [0.15, 0.2) is 0 Å². The number of hydrogen-bond donors (Lipinski definition) is 2. The number of esters is 1. The van der Waals surface area contributed by atoms with Crippen molar-refractivity contribution in [2.75, 3.05) is 12.4 Å². The van der Waals surface area contributed by atoms with E-state index in [1.807, 2.05) is 36.4 Å². The summed E-state index contributed by atoms with van der Waals surface area (Å²) in [7, 11) is -4.29. The maximum Gasteiger partial charge on any atom is 0.328 e. The molecule has 0 radical (unpaired) electrons. The van der Waals surface area contributed by atoms with Gasteiger partial charge in [0.25, 0.3) is 16.0 Å². The van der Waals surface area contributed by atoms with Crippen molar-refractivity contribution in [3.8, 4) is 11.1 Å². The van der Waals surface area contributed by atoms with E-state index in [1.54, 1.807) is 19.1 Å².